The summed E-state index contributed by atoms with van der Waals surface area (Å²) in [6.07, 6.45) is 4.60. The Hall–Kier alpha value is -1.34. The maximum Gasteiger partial charge on any atom is 0.253 e. The van der Waals surface area contributed by atoms with Crippen molar-refractivity contribution >= 4 is 0 Å². The van der Waals surface area contributed by atoms with Crippen molar-refractivity contribution in [3.63, 3.8) is 0 Å². The van der Waals surface area contributed by atoms with Gasteiger partial charge in [-0.05, 0) is 6.92 Å². The molecule has 4 heteroatoms. The Kier molecular flexibility index (Phi) is 4.85. The van der Waals surface area contributed by atoms with E-state index >= 15 is 0 Å². The highest BCUT2D eigenvalue weighted by molar-refractivity contribution is 4.80. The molecule has 0 amide bonds. The van der Waals surface area contributed by atoms with Crippen LogP contribution < -0.4 is 4.57 Å². The summed E-state index contributed by atoms with van der Waals surface area (Å²) in [4.78, 5) is 0. The van der Waals surface area contributed by atoms with Crippen LogP contribution in [0.2, 0.25) is 0 Å². The van der Waals surface area contributed by atoms with Crippen LogP contribution >= 0.6 is 0 Å². The van der Waals surface area contributed by atoms with Gasteiger partial charge in [0.2, 0.25) is 0 Å². The summed E-state index contributed by atoms with van der Waals surface area (Å²) >= 11 is 0. The average Bonchev–Trinajstić information content (AvgIpc) is 2.58. The predicted octanol–water partition coefficient (Wildman–Crippen LogP) is 1.03. The van der Waals surface area contributed by atoms with E-state index in [0.717, 1.165) is 26.3 Å². The van der Waals surface area contributed by atoms with Gasteiger partial charge >= 0.3 is 0 Å². The summed E-state index contributed by atoms with van der Waals surface area (Å²) in [6, 6.07) is 2.15. The number of aromatic nitrogens is 2. The van der Waals surface area contributed by atoms with Gasteiger partial charge in [-0.1, -0.05) is 0 Å². The highest BCUT2D eigenvalue weighted by Crippen LogP contribution is 1.94. The molecular weight excluding hydrogens is 190 g/mol. The number of nitriles is 1. The number of nitrogens with zero attached hydrogens (tertiary/aromatic N) is 3. The minimum atomic E-state index is 0.557. The molecule has 15 heavy (non-hydrogen) atoms. The molecule has 0 saturated carbocycles. The van der Waals surface area contributed by atoms with E-state index < -0.39 is 0 Å². The van der Waals surface area contributed by atoms with E-state index in [1.165, 1.54) is 5.82 Å². The average molecular weight is 208 g/mol. The molecule has 0 fully saturated rings. The van der Waals surface area contributed by atoms with Gasteiger partial charge < -0.3 is 4.74 Å². The molecule has 0 aliphatic carbocycles. The summed E-state index contributed by atoms with van der Waals surface area (Å²) in [5.74, 6) is 1.17. The molecular formula is C11H18N3O+. The zero-order valence-electron chi connectivity index (χ0n) is 9.44. The molecule has 0 saturated heterocycles. The third-order valence-corrected chi connectivity index (χ3v) is 2.40. The number of hydrogen-bond donors (Lipinski definition) is 0. The van der Waals surface area contributed by atoms with Crippen LogP contribution in [-0.2, 0) is 17.8 Å². The quantitative estimate of drug-likeness (QED) is 0.517. The van der Waals surface area contributed by atoms with Crippen LogP contribution in [-0.4, -0.2) is 17.8 Å². The van der Waals surface area contributed by atoms with Gasteiger partial charge in [-0.3, -0.25) is 0 Å². The fourth-order valence-corrected chi connectivity index (χ4v) is 1.49. The first kappa shape index (κ1) is 11.7. The molecule has 82 valence electrons. The molecule has 1 aromatic rings. The van der Waals surface area contributed by atoms with Crippen LogP contribution in [0.5, 0.6) is 0 Å². The van der Waals surface area contributed by atoms with Crippen molar-refractivity contribution < 1.29 is 9.30 Å². The lowest BCUT2D eigenvalue weighted by Gasteiger charge is -2.00. The minimum absolute atomic E-state index is 0.557. The lowest BCUT2D eigenvalue weighted by atomic mass is 10.4. The zero-order valence-corrected chi connectivity index (χ0v) is 9.44. The Labute approximate surface area is 90.7 Å². The summed E-state index contributed by atoms with van der Waals surface area (Å²) in [6.45, 7) is 7.20. The van der Waals surface area contributed by atoms with Crippen LogP contribution in [0.1, 0.15) is 19.2 Å². The van der Waals surface area contributed by atoms with Gasteiger partial charge in [0, 0.05) is 13.5 Å². The van der Waals surface area contributed by atoms with Crippen molar-refractivity contribution in [3.8, 4) is 6.07 Å². The second kappa shape index (κ2) is 6.20. The first-order valence-corrected chi connectivity index (χ1v) is 5.29. The molecule has 1 heterocycles. The summed E-state index contributed by atoms with van der Waals surface area (Å²) in [7, 11) is 0. The van der Waals surface area contributed by atoms with Crippen molar-refractivity contribution in [3.05, 3.63) is 18.2 Å². The number of imidazole rings is 1. The number of ether oxygens (including phenoxy) is 1. The first-order valence-electron chi connectivity index (χ1n) is 5.29. The highest BCUT2D eigenvalue weighted by Gasteiger charge is 2.10. The molecule has 0 aliphatic heterocycles. The normalized spacial score (nSPS) is 10.2. The van der Waals surface area contributed by atoms with Crippen molar-refractivity contribution in [1.29, 1.82) is 5.26 Å². The first-order chi connectivity index (χ1) is 7.29. The van der Waals surface area contributed by atoms with E-state index in [9.17, 15) is 0 Å². The van der Waals surface area contributed by atoms with Gasteiger partial charge in [0.05, 0.1) is 19.1 Å². The van der Waals surface area contributed by atoms with Crippen LogP contribution in [0.4, 0.5) is 0 Å². The van der Waals surface area contributed by atoms with E-state index in [0.29, 0.717) is 6.42 Å². The maximum atomic E-state index is 8.51. The lowest BCUT2D eigenvalue weighted by Crippen LogP contribution is -2.35. The molecule has 4 nitrogen and oxygen atoms in total. The van der Waals surface area contributed by atoms with Crippen LogP contribution in [0, 0.1) is 18.3 Å². The van der Waals surface area contributed by atoms with Gasteiger partial charge in [0.1, 0.15) is 25.5 Å². The standard InChI is InChI=1S/C11H18N3O/c1-3-15-10-9-14-8-7-13(11(14)2)6-4-5-12/h7-8H,3-4,6,9-10H2,1-2H3/q+1. The SMILES string of the molecule is CCOCCn1cc[n+](CCC#N)c1C. The Balaban J connectivity index is 2.51. The monoisotopic (exact) mass is 208 g/mol. The third-order valence-electron chi connectivity index (χ3n) is 2.40. The predicted molar refractivity (Wildman–Crippen MR) is 56.1 cm³/mol. The Bertz CT molecular complexity index is 338. The van der Waals surface area contributed by atoms with Gasteiger partial charge in [0.25, 0.3) is 5.82 Å². The molecule has 0 aliphatic rings. The number of rotatable bonds is 6. The van der Waals surface area contributed by atoms with E-state index in [1.54, 1.807) is 0 Å². The third kappa shape index (κ3) is 3.37. The molecule has 0 spiro atoms. The molecule has 0 radical (unpaired) electrons. The Morgan fingerprint density at radius 3 is 3.07 bits per heavy atom. The second-order valence-electron chi connectivity index (χ2n) is 3.34. The number of aryl methyl sites for hydroxylation is 1. The highest BCUT2D eigenvalue weighted by atomic mass is 16.5. The van der Waals surface area contributed by atoms with E-state index in [2.05, 4.69) is 22.1 Å². The smallest absolute Gasteiger partial charge is 0.253 e. The summed E-state index contributed by atoms with van der Waals surface area (Å²) in [5.41, 5.74) is 0. The fraction of sp³-hybridized carbons (Fsp3) is 0.636. The van der Waals surface area contributed by atoms with Gasteiger partial charge in [-0.2, -0.15) is 5.26 Å². The van der Waals surface area contributed by atoms with Crippen molar-refractivity contribution in [1.82, 2.24) is 4.57 Å². The topological polar surface area (TPSA) is 41.8 Å². The zero-order chi connectivity index (χ0) is 11.1. The van der Waals surface area contributed by atoms with E-state index in [4.69, 9.17) is 10.00 Å². The van der Waals surface area contributed by atoms with Gasteiger partial charge in [-0.15, -0.1) is 0 Å². The summed E-state index contributed by atoms with van der Waals surface area (Å²) in [5, 5.41) is 8.51. The molecule has 1 rings (SSSR count). The van der Waals surface area contributed by atoms with Gasteiger partial charge in [-0.25, -0.2) is 9.13 Å². The minimum Gasteiger partial charge on any atom is -0.378 e. The molecule has 0 atom stereocenters. The molecule has 0 bridgehead atoms. The molecule has 0 aromatic carbocycles. The second-order valence-corrected chi connectivity index (χ2v) is 3.34. The van der Waals surface area contributed by atoms with Crippen LogP contribution in [0.15, 0.2) is 12.4 Å². The molecule has 1 aromatic heterocycles. The Morgan fingerprint density at radius 2 is 2.40 bits per heavy atom. The van der Waals surface area contributed by atoms with Crippen LogP contribution in [0.3, 0.4) is 0 Å². The van der Waals surface area contributed by atoms with Crippen molar-refractivity contribution in [2.45, 2.75) is 33.4 Å². The number of hydrogen-bond acceptors (Lipinski definition) is 2. The molecule has 0 unspecified atom stereocenters. The Morgan fingerprint density at radius 1 is 1.60 bits per heavy atom. The lowest BCUT2D eigenvalue weighted by molar-refractivity contribution is -0.701. The fourth-order valence-electron chi connectivity index (χ4n) is 1.49. The largest absolute Gasteiger partial charge is 0.378 e. The van der Waals surface area contributed by atoms with Gasteiger partial charge in [0.15, 0.2) is 0 Å². The van der Waals surface area contributed by atoms with Crippen LogP contribution in [0.25, 0.3) is 0 Å². The van der Waals surface area contributed by atoms with Crippen molar-refractivity contribution in [2.24, 2.45) is 0 Å². The van der Waals surface area contributed by atoms with E-state index in [-0.39, 0.29) is 0 Å². The van der Waals surface area contributed by atoms with Crippen molar-refractivity contribution in [2.75, 3.05) is 13.2 Å². The summed E-state index contributed by atoms with van der Waals surface area (Å²) < 4.78 is 9.54. The molecule has 0 N–H and O–H groups in total. The van der Waals surface area contributed by atoms with E-state index in [1.807, 2.05) is 19.3 Å². The maximum absolute atomic E-state index is 8.51.